The summed E-state index contributed by atoms with van der Waals surface area (Å²) < 4.78 is 4.92. The van der Waals surface area contributed by atoms with E-state index in [1.807, 2.05) is 30.3 Å². The number of hydrogen-bond donors (Lipinski definition) is 2. The minimum atomic E-state index is -0.930. The van der Waals surface area contributed by atoms with Crippen LogP contribution >= 0.6 is 0 Å². The van der Waals surface area contributed by atoms with E-state index in [0.29, 0.717) is 5.56 Å². The Morgan fingerprint density at radius 1 is 1.26 bits per heavy atom. The molecule has 6 nitrogen and oxygen atoms in total. The Bertz CT molecular complexity index is 1070. The number of esters is 1. The summed E-state index contributed by atoms with van der Waals surface area (Å²) in [6.07, 6.45) is 4.63. The summed E-state index contributed by atoms with van der Waals surface area (Å²) in [5, 5.41) is 11.0. The van der Waals surface area contributed by atoms with E-state index in [9.17, 15) is 14.7 Å². The van der Waals surface area contributed by atoms with Gasteiger partial charge in [0.15, 0.2) is 5.56 Å². The zero-order valence-electron chi connectivity index (χ0n) is 14.5. The van der Waals surface area contributed by atoms with Crippen LogP contribution in [-0.4, -0.2) is 27.7 Å². The number of aromatic nitrogens is 2. The van der Waals surface area contributed by atoms with Crippen LogP contribution in [0, 0.1) is 0 Å². The lowest BCUT2D eigenvalue weighted by Crippen LogP contribution is -2.21. The fourth-order valence-corrected chi connectivity index (χ4v) is 2.98. The molecule has 1 atom stereocenters. The fourth-order valence-electron chi connectivity index (χ4n) is 2.98. The second-order valence-electron chi connectivity index (χ2n) is 5.81. The molecule has 1 unspecified atom stereocenters. The van der Waals surface area contributed by atoms with E-state index in [1.54, 1.807) is 12.1 Å². The smallest absolute Gasteiger partial charge is 0.347 e. The van der Waals surface area contributed by atoms with Crippen molar-refractivity contribution >= 4 is 17.0 Å². The molecule has 0 fully saturated rings. The molecule has 27 heavy (non-hydrogen) atoms. The van der Waals surface area contributed by atoms with Gasteiger partial charge in [-0.25, -0.2) is 9.78 Å². The van der Waals surface area contributed by atoms with Crippen LogP contribution < -0.4 is 5.56 Å². The molecule has 6 heteroatoms. The van der Waals surface area contributed by atoms with Gasteiger partial charge >= 0.3 is 5.97 Å². The number of rotatable bonds is 6. The van der Waals surface area contributed by atoms with Gasteiger partial charge in [-0.05, 0) is 17.2 Å². The van der Waals surface area contributed by atoms with Gasteiger partial charge in [-0.15, -0.1) is 6.58 Å². The molecule has 0 saturated heterocycles. The van der Waals surface area contributed by atoms with Crippen LogP contribution in [0.15, 0.2) is 72.7 Å². The molecule has 0 spiro atoms. The third-order valence-corrected chi connectivity index (χ3v) is 4.18. The van der Waals surface area contributed by atoms with Gasteiger partial charge in [0, 0.05) is 12.1 Å². The Hall–Kier alpha value is -3.67. The highest BCUT2D eigenvalue weighted by atomic mass is 16.5. The number of nitrogens with zero attached hydrogens (tertiary/aromatic N) is 1. The number of H-pyrrole nitrogens is 1. The van der Waals surface area contributed by atoms with E-state index in [-0.39, 0.29) is 23.6 Å². The lowest BCUT2D eigenvalue weighted by molar-refractivity contribution is 0.0544. The second kappa shape index (κ2) is 7.70. The maximum Gasteiger partial charge on any atom is 0.347 e. The molecule has 0 radical (unpaired) electrons. The first kappa shape index (κ1) is 18.1. The number of aromatic hydroxyl groups is 1. The van der Waals surface area contributed by atoms with Crippen LogP contribution in [0.2, 0.25) is 0 Å². The third-order valence-electron chi connectivity index (χ3n) is 4.18. The largest absolute Gasteiger partial charge is 0.506 e. The highest BCUT2D eigenvalue weighted by molar-refractivity contribution is 5.99. The predicted octanol–water partition coefficient (Wildman–Crippen LogP) is 3.29. The van der Waals surface area contributed by atoms with Crippen molar-refractivity contribution in [2.24, 2.45) is 0 Å². The maximum atomic E-state index is 12.3. The van der Waals surface area contributed by atoms with Gasteiger partial charge in [0.05, 0.1) is 5.39 Å². The Kier molecular flexibility index (Phi) is 5.17. The zero-order chi connectivity index (χ0) is 19.4. The summed E-state index contributed by atoms with van der Waals surface area (Å²) in [6, 6.07) is 11.3. The van der Waals surface area contributed by atoms with Crippen molar-refractivity contribution in [2.45, 2.75) is 5.92 Å². The minimum absolute atomic E-state index is 0.0745. The number of nitrogens with one attached hydrogen (secondary N) is 1. The first-order chi connectivity index (χ1) is 13.1. The van der Waals surface area contributed by atoms with Crippen LogP contribution in [0.3, 0.4) is 0 Å². The van der Waals surface area contributed by atoms with Crippen molar-refractivity contribution in [3.05, 3.63) is 94.9 Å². The van der Waals surface area contributed by atoms with Gasteiger partial charge in [-0.1, -0.05) is 49.1 Å². The summed E-state index contributed by atoms with van der Waals surface area (Å²) in [4.78, 5) is 31.2. The molecule has 2 heterocycles. The lowest BCUT2D eigenvalue weighted by Gasteiger charge is -2.17. The molecule has 0 saturated carbocycles. The highest BCUT2D eigenvalue weighted by Gasteiger charge is 2.24. The van der Waals surface area contributed by atoms with Crippen LogP contribution in [0.25, 0.3) is 11.0 Å². The number of carbonyl (C=O) groups excluding carboxylic acids is 1. The third kappa shape index (κ3) is 3.37. The predicted molar refractivity (Wildman–Crippen MR) is 103 cm³/mol. The van der Waals surface area contributed by atoms with Gasteiger partial charge in [0.1, 0.15) is 18.0 Å². The van der Waals surface area contributed by atoms with Crippen LogP contribution in [0.5, 0.6) is 5.75 Å². The van der Waals surface area contributed by atoms with E-state index >= 15 is 0 Å². The number of aromatic amines is 1. The summed E-state index contributed by atoms with van der Waals surface area (Å²) in [6.45, 7) is 7.27. The molecule has 3 rings (SSSR count). The summed E-state index contributed by atoms with van der Waals surface area (Å²) in [5.74, 6) is -1.67. The number of hydrogen-bond acceptors (Lipinski definition) is 5. The number of ether oxygens (including phenoxy) is 1. The average Bonchev–Trinajstić information content (AvgIpc) is 2.67. The molecule has 2 N–H and O–H groups in total. The number of fused-ring (bicyclic) bond motifs is 1. The molecule has 3 aromatic rings. The first-order valence-corrected chi connectivity index (χ1v) is 8.27. The molecule has 0 aliphatic carbocycles. The molecule has 1 aromatic carbocycles. The minimum Gasteiger partial charge on any atom is -0.506 e. The van der Waals surface area contributed by atoms with E-state index in [0.717, 1.165) is 5.56 Å². The van der Waals surface area contributed by atoms with Crippen molar-refractivity contribution in [1.82, 2.24) is 9.97 Å². The second-order valence-corrected chi connectivity index (χ2v) is 5.81. The molecule has 0 amide bonds. The Morgan fingerprint density at radius 3 is 2.67 bits per heavy atom. The van der Waals surface area contributed by atoms with Crippen molar-refractivity contribution < 1.29 is 14.6 Å². The monoisotopic (exact) mass is 362 g/mol. The van der Waals surface area contributed by atoms with Crippen LogP contribution in [0.1, 0.15) is 27.4 Å². The van der Waals surface area contributed by atoms with E-state index in [1.165, 1.54) is 12.3 Å². The fraction of sp³-hybridized carbons (Fsp3) is 0.0952. The van der Waals surface area contributed by atoms with Gasteiger partial charge in [-0.2, -0.15) is 0 Å². The molecule has 0 aliphatic rings. The van der Waals surface area contributed by atoms with Gasteiger partial charge in [-0.3, -0.25) is 4.79 Å². The number of benzene rings is 1. The molecule has 0 aliphatic heterocycles. The Balaban J connectivity index is 2.26. The number of carbonyl (C=O) groups is 1. The van der Waals surface area contributed by atoms with E-state index < -0.39 is 22.8 Å². The average molecular weight is 362 g/mol. The summed E-state index contributed by atoms with van der Waals surface area (Å²) >= 11 is 0. The summed E-state index contributed by atoms with van der Waals surface area (Å²) in [5.41, 5.74) is 0.551. The van der Waals surface area contributed by atoms with Crippen molar-refractivity contribution in [1.29, 1.82) is 0 Å². The number of allylic oxidation sites excluding steroid dienone is 1. The highest BCUT2D eigenvalue weighted by Crippen LogP contribution is 2.35. The molecular formula is C21H18N2O4. The van der Waals surface area contributed by atoms with Gasteiger partial charge in [0.25, 0.3) is 5.56 Å². The van der Waals surface area contributed by atoms with Crippen molar-refractivity contribution in [3.8, 4) is 5.75 Å². The SMILES string of the molecule is C=CCOC(=O)c1c(O)c2c(C(C=C)c3ccccc3)ccnc2[nH]c1=O. The molecule has 2 aromatic heterocycles. The topological polar surface area (TPSA) is 92.3 Å². The molecule has 0 bridgehead atoms. The quantitative estimate of drug-likeness (QED) is 0.518. The standard InChI is InChI=1S/C21H18N2O4/c1-3-12-27-21(26)17-18(24)16-15(10-11-22-19(16)23-20(17)25)14(4-2)13-8-6-5-7-9-13/h3-11,14H,1-2,12H2,(H2,22,23,24,25). The van der Waals surface area contributed by atoms with E-state index in [2.05, 4.69) is 23.1 Å². The normalized spacial score (nSPS) is 11.7. The Morgan fingerprint density at radius 2 is 2.00 bits per heavy atom. The van der Waals surface area contributed by atoms with E-state index in [4.69, 9.17) is 4.74 Å². The van der Waals surface area contributed by atoms with Crippen molar-refractivity contribution in [2.75, 3.05) is 6.61 Å². The lowest BCUT2D eigenvalue weighted by atomic mass is 9.89. The zero-order valence-corrected chi connectivity index (χ0v) is 14.5. The molecule has 136 valence electrons. The van der Waals surface area contributed by atoms with Crippen molar-refractivity contribution in [3.63, 3.8) is 0 Å². The first-order valence-electron chi connectivity index (χ1n) is 8.27. The van der Waals surface area contributed by atoms with Gasteiger partial charge in [0.2, 0.25) is 0 Å². The van der Waals surface area contributed by atoms with Crippen LogP contribution in [-0.2, 0) is 4.74 Å². The summed E-state index contributed by atoms with van der Waals surface area (Å²) in [7, 11) is 0. The molecular weight excluding hydrogens is 344 g/mol. The Labute approximate surface area is 155 Å². The maximum absolute atomic E-state index is 12.3. The van der Waals surface area contributed by atoms with Crippen LogP contribution in [0.4, 0.5) is 0 Å². The number of pyridine rings is 2. The van der Waals surface area contributed by atoms with Gasteiger partial charge < -0.3 is 14.8 Å².